The Balaban J connectivity index is 3.80. The van der Waals surface area contributed by atoms with Gasteiger partial charge in [-0.25, -0.2) is 0 Å². The Kier molecular flexibility index (Phi) is 3.15. The summed E-state index contributed by atoms with van der Waals surface area (Å²) in [5.74, 6) is 0. The third-order valence-corrected chi connectivity index (χ3v) is 1.82. The van der Waals surface area contributed by atoms with Gasteiger partial charge < -0.3 is 10.2 Å². The van der Waals surface area contributed by atoms with Gasteiger partial charge >= 0.3 is 0 Å². The van der Waals surface area contributed by atoms with E-state index in [1.54, 1.807) is 6.92 Å². The maximum absolute atomic E-state index is 9.34. The summed E-state index contributed by atoms with van der Waals surface area (Å²) in [6, 6.07) is 0. The SMILES string of the molecule is CC[C@@H](O)[C@](C)(O)CC. The zero-order valence-corrected chi connectivity index (χ0v) is 6.39. The van der Waals surface area contributed by atoms with Gasteiger partial charge in [-0.3, -0.25) is 0 Å². The molecule has 9 heavy (non-hydrogen) atoms. The zero-order chi connectivity index (χ0) is 7.49. The fraction of sp³-hybridized carbons (Fsp3) is 1.00. The highest BCUT2D eigenvalue weighted by atomic mass is 16.3. The molecule has 0 aromatic carbocycles. The molecular weight excluding hydrogens is 116 g/mol. The Labute approximate surface area is 56.5 Å². The van der Waals surface area contributed by atoms with E-state index in [1.165, 1.54) is 0 Å². The molecular formula is C7H16O2. The molecule has 0 spiro atoms. The first kappa shape index (κ1) is 8.92. The molecule has 0 bridgehead atoms. The van der Waals surface area contributed by atoms with Crippen molar-refractivity contribution in [3.8, 4) is 0 Å². The first-order chi connectivity index (χ1) is 4.04. The summed E-state index contributed by atoms with van der Waals surface area (Å²) in [7, 11) is 0. The van der Waals surface area contributed by atoms with Crippen molar-refractivity contribution in [1.29, 1.82) is 0 Å². The minimum atomic E-state index is -0.894. The zero-order valence-electron chi connectivity index (χ0n) is 6.39. The third-order valence-electron chi connectivity index (χ3n) is 1.82. The largest absolute Gasteiger partial charge is 0.390 e. The predicted molar refractivity (Wildman–Crippen MR) is 37.2 cm³/mol. The molecule has 0 aliphatic carbocycles. The Morgan fingerprint density at radius 2 is 1.89 bits per heavy atom. The van der Waals surface area contributed by atoms with Crippen molar-refractivity contribution in [3.63, 3.8) is 0 Å². The van der Waals surface area contributed by atoms with E-state index in [2.05, 4.69) is 0 Å². The van der Waals surface area contributed by atoms with Crippen LogP contribution in [-0.2, 0) is 0 Å². The summed E-state index contributed by atoms with van der Waals surface area (Å²) in [5, 5.41) is 18.5. The summed E-state index contributed by atoms with van der Waals surface area (Å²) in [5.41, 5.74) is -0.894. The quantitative estimate of drug-likeness (QED) is 0.599. The van der Waals surface area contributed by atoms with Crippen LogP contribution in [-0.4, -0.2) is 21.9 Å². The molecule has 0 aliphatic heterocycles. The van der Waals surface area contributed by atoms with E-state index in [0.29, 0.717) is 12.8 Å². The van der Waals surface area contributed by atoms with Gasteiger partial charge in [0.05, 0.1) is 11.7 Å². The van der Waals surface area contributed by atoms with Crippen LogP contribution >= 0.6 is 0 Å². The molecule has 2 nitrogen and oxygen atoms in total. The van der Waals surface area contributed by atoms with E-state index in [9.17, 15) is 5.11 Å². The Hall–Kier alpha value is -0.0800. The second-order valence-corrected chi connectivity index (χ2v) is 2.63. The monoisotopic (exact) mass is 132 g/mol. The summed E-state index contributed by atoms with van der Waals surface area (Å²) < 4.78 is 0. The van der Waals surface area contributed by atoms with Gasteiger partial charge in [0.25, 0.3) is 0 Å². The fourth-order valence-corrected chi connectivity index (χ4v) is 0.675. The predicted octanol–water partition coefficient (Wildman–Crippen LogP) is 0.918. The van der Waals surface area contributed by atoms with Gasteiger partial charge in [0.2, 0.25) is 0 Å². The minimum absolute atomic E-state index is 0.581. The first-order valence-electron chi connectivity index (χ1n) is 3.45. The summed E-state index contributed by atoms with van der Waals surface area (Å²) in [6.45, 7) is 5.37. The van der Waals surface area contributed by atoms with Crippen molar-refractivity contribution in [1.82, 2.24) is 0 Å². The highest BCUT2D eigenvalue weighted by molar-refractivity contribution is 4.78. The van der Waals surface area contributed by atoms with Crippen molar-refractivity contribution in [2.75, 3.05) is 0 Å². The lowest BCUT2D eigenvalue weighted by Crippen LogP contribution is -2.37. The molecule has 0 heterocycles. The molecule has 0 saturated carbocycles. The molecule has 0 rings (SSSR count). The summed E-state index contributed by atoms with van der Waals surface area (Å²) in [6.07, 6.45) is 0.630. The van der Waals surface area contributed by atoms with Crippen LogP contribution in [0.1, 0.15) is 33.6 Å². The molecule has 0 aromatic heterocycles. The van der Waals surface area contributed by atoms with Gasteiger partial charge in [0.15, 0.2) is 0 Å². The first-order valence-corrected chi connectivity index (χ1v) is 3.45. The van der Waals surface area contributed by atoms with E-state index in [1.807, 2.05) is 13.8 Å². The van der Waals surface area contributed by atoms with Crippen molar-refractivity contribution in [2.45, 2.75) is 45.3 Å². The van der Waals surface area contributed by atoms with Crippen molar-refractivity contribution >= 4 is 0 Å². The van der Waals surface area contributed by atoms with Gasteiger partial charge in [0.1, 0.15) is 0 Å². The van der Waals surface area contributed by atoms with Crippen LogP contribution in [0.5, 0.6) is 0 Å². The summed E-state index contributed by atoms with van der Waals surface area (Å²) in [4.78, 5) is 0. The van der Waals surface area contributed by atoms with Crippen LogP contribution in [0.15, 0.2) is 0 Å². The van der Waals surface area contributed by atoms with E-state index >= 15 is 0 Å². The Morgan fingerprint density at radius 1 is 1.44 bits per heavy atom. The molecule has 0 aliphatic rings. The maximum atomic E-state index is 9.34. The average Bonchev–Trinajstić information content (AvgIpc) is 1.86. The van der Waals surface area contributed by atoms with Gasteiger partial charge in [-0.2, -0.15) is 0 Å². The molecule has 0 radical (unpaired) electrons. The molecule has 0 unspecified atom stereocenters. The molecule has 0 saturated heterocycles. The van der Waals surface area contributed by atoms with Gasteiger partial charge in [0, 0.05) is 0 Å². The van der Waals surface area contributed by atoms with Crippen LogP contribution in [0.3, 0.4) is 0 Å². The molecule has 56 valence electrons. The normalized spacial score (nSPS) is 21.0. The van der Waals surface area contributed by atoms with Crippen LogP contribution in [0.25, 0.3) is 0 Å². The minimum Gasteiger partial charge on any atom is -0.390 e. The fourth-order valence-electron chi connectivity index (χ4n) is 0.675. The average molecular weight is 132 g/mol. The standard InChI is InChI=1S/C7H16O2/c1-4-6(8)7(3,9)5-2/h6,8-9H,4-5H2,1-3H3/t6-,7-/m1/s1. The number of rotatable bonds is 3. The highest BCUT2D eigenvalue weighted by Gasteiger charge is 2.25. The second-order valence-electron chi connectivity index (χ2n) is 2.63. The van der Waals surface area contributed by atoms with Crippen LogP contribution < -0.4 is 0 Å². The van der Waals surface area contributed by atoms with Crippen molar-refractivity contribution in [2.24, 2.45) is 0 Å². The Bertz CT molecular complexity index is 79.0. The van der Waals surface area contributed by atoms with E-state index in [0.717, 1.165) is 0 Å². The maximum Gasteiger partial charge on any atom is 0.0874 e. The number of aliphatic hydroxyl groups is 2. The van der Waals surface area contributed by atoms with E-state index < -0.39 is 11.7 Å². The third kappa shape index (κ3) is 2.33. The van der Waals surface area contributed by atoms with Crippen molar-refractivity contribution in [3.05, 3.63) is 0 Å². The van der Waals surface area contributed by atoms with E-state index in [4.69, 9.17) is 5.11 Å². The second kappa shape index (κ2) is 3.18. The topological polar surface area (TPSA) is 40.5 Å². The van der Waals surface area contributed by atoms with Gasteiger partial charge in [-0.15, -0.1) is 0 Å². The van der Waals surface area contributed by atoms with Crippen LogP contribution in [0, 0.1) is 0 Å². The number of aliphatic hydroxyl groups excluding tert-OH is 1. The highest BCUT2D eigenvalue weighted by Crippen LogP contribution is 2.15. The molecule has 2 N–H and O–H groups in total. The lowest BCUT2D eigenvalue weighted by atomic mass is 9.94. The van der Waals surface area contributed by atoms with Gasteiger partial charge in [-0.05, 0) is 19.8 Å². The van der Waals surface area contributed by atoms with E-state index in [-0.39, 0.29) is 0 Å². The van der Waals surface area contributed by atoms with Gasteiger partial charge in [-0.1, -0.05) is 13.8 Å². The summed E-state index contributed by atoms with van der Waals surface area (Å²) >= 11 is 0. The molecule has 2 heteroatoms. The lowest BCUT2D eigenvalue weighted by molar-refractivity contribution is -0.0647. The smallest absolute Gasteiger partial charge is 0.0874 e. The molecule has 2 atom stereocenters. The van der Waals surface area contributed by atoms with Crippen molar-refractivity contribution < 1.29 is 10.2 Å². The van der Waals surface area contributed by atoms with Crippen LogP contribution in [0.4, 0.5) is 0 Å². The number of hydrogen-bond acceptors (Lipinski definition) is 2. The molecule has 0 aromatic rings. The molecule has 0 fully saturated rings. The number of hydrogen-bond donors (Lipinski definition) is 2. The molecule has 0 amide bonds. The Morgan fingerprint density at radius 3 is 2.00 bits per heavy atom. The lowest BCUT2D eigenvalue weighted by Gasteiger charge is -2.26. The van der Waals surface area contributed by atoms with Crippen LogP contribution in [0.2, 0.25) is 0 Å².